The first kappa shape index (κ1) is 42.4. The van der Waals surface area contributed by atoms with Crippen molar-refractivity contribution in [3.8, 4) is 0 Å². The van der Waals surface area contributed by atoms with E-state index < -0.39 is 6.10 Å². The summed E-state index contributed by atoms with van der Waals surface area (Å²) in [6.07, 6.45) is 31.5. The monoisotopic (exact) mass is 625 g/mol. The zero-order valence-corrected chi connectivity index (χ0v) is 29.4. The van der Waals surface area contributed by atoms with Gasteiger partial charge in [-0.1, -0.05) is 168 Å². The van der Waals surface area contributed by atoms with Crippen LogP contribution in [-0.2, 0) is 28.6 Å². The molecule has 0 heterocycles. The van der Waals surface area contributed by atoms with Crippen LogP contribution < -0.4 is 0 Å². The van der Waals surface area contributed by atoms with E-state index in [1.807, 2.05) is 0 Å². The van der Waals surface area contributed by atoms with Gasteiger partial charge in [-0.15, -0.1) is 0 Å². The third-order valence-corrected chi connectivity index (χ3v) is 8.36. The van der Waals surface area contributed by atoms with Gasteiger partial charge in [-0.25, -0.2) is 0 Å². The Morgan fingerprint density at radius 2 is 0.614 bits per heavy atom. The molecule has 0 aromatic rings. The third kappa shape index (κ3) is 31.8. The molecule has 0 aliphatic heterocycles. The molecular weight excluding hydrogens is 552 g/mol. The van der Waals surface area contributed by atoms with Crippen LogP contribution in [0.5, 0.6) is 0 Å². The molecule has 0 fully saturated rings. The first-order valence-corrected chi connectivity index (χ1v) is 19.0. The van der Waals surface area contributed by atoms with Crippen molar-refractivity contribution in [2.75, 3.05) is 13.2 Å². The second-order valence-electron chi connectivity index (χ2n) is 12.9. The molecule has 1 atom stereocenters. The molecule has 0 aromatic heterocycles. The van der Waals surface area contributed by atoms with Gasteiger partial charge in [0.15, 0.2) is 6.10 Å². The lowest BCUT2D eigenvalue weighted by Gasteiger charge is -2.18. The Kier molecular flexibility index (Phi) is 33.0. The van der Waals surface area contributed by atoms with E-state index in [4.69, 9.17) is 14.2 Å². The summed E-state index contributed by atoms with van der Waals surface area (Å²) in [5, 5.41) is 0. The summed E-state index contributed by atoms with van der Waals surface area (Å²) in [6.45, 7) is 6.46. The molecule has 0 aliphatic rings. The Hall–Kier alpha value is -1.59. The Bertz CT molecular complexity index is 649. The fourth-order valence-electron chi connectivity index (χ4n) is 5.44. The summed E-state index contributed by atoms with van der Waals surface area (Å²) in [5.74, 6) is -0.893. The zero-order valence-electron chi connectivity index (χ0n) is 29.4. The van der Waals surface area contributed by atoms with E-state index >= 15 is 0 Å². The van der Waals surface area contributed by atoms with Gasteiger partial charge in [0, 0.05) is 19.3 Å². The SMILES string of the molecule is CCCCCCCCCCCCCCCCCCC(=O)OCC(COC(=O)CCCCCCC)OC(=O)CCCCCCC. The molecule has 0 rings (SSSR count). The molecule has 0 aliphatic carbocycles. The van der Waals surface area contributed by atoms with Crippen LogP contribution in [0.15, 0.2) is 0 Å². The van der Waals surface area contributed by atoms with Crippen LogP contribution in [0.3, 0.4) is 0 Å². The number of carbonyl (C=O) groups is 3. The van der Waals surface area contributed by atoms with Crippen molar-refractivity contribution >= 4 is 17.9 Å². The van der Waals surface area contributed by atoms with Gasteiger partial charge >= 0.3 is 17.9 Å². The van der Waals surface area contributed by atoms with E-state index in [-0.39, 0.29) is 31.1 Å². The average Bonchev–Trinajstić information content (AvgIpc) is 3.01. The smallest absolute Gasteiger partial charge is 0.306 e. The Morgan fingerprint density at radius 1 is 0.364 bits per heavy atom. The highest BCUT2D eigenvalue weighted by atomic mass is 16.6. The van der Waals surface area contributed by atoms with Crippen LogP contribution in [0.2, 0.25) is 0 Å². The first-order chi connectivity index (χ1) is 21.5. The van der Waals surface area contributed by atoms with Crippen LogP contribution in [0, 0.1) is 0 Å². The molecule has 0 saturated heterocycles. The summed E-state index contributed by atoms with van der Waals surface area (Å²) >= 11 is 0. The summed E-state index contributed by atoms with van der Waals surface area (Å²) in [4.78, 5) is 36.9. The lowest BCUT2D eigenvalue weighted by Crippen LogP contribution is -2.30. The molecule has 0 radical (unpaired) electrons. The normalized spacial score (nSPS) is 11.8. The average molecular weight is 625 g/mol. The summed E-state index contributed by atoms with van der Waals surface area (Å²) in [5.41, 5.74) is 0. The third-order valence-electron chi connectivity index (χ3n) is 8.36. The zero-order chi connectivity index (χ0) is 32.4. The fraction of sp³-hybridized carbons (Fsp3) is 0.921. The van der Waals surface area contributed by atoms with Gasteiger partial charge in [-0.3, -0.25) is 14.4 Å². The van der Waals surface area contributed by atoms with Crippen molar-refractivity contribution in [1.29, 1.82) is 0 Å². The van der Waals surface area contributed by atoms with Gasteiger partial charge in [0.25, 0.3) is 0 Å². The lowest BCUT2D eigenvalue weighted by molar-refractivity contribution is -0.167. The van der Waals surface area contributed by atoms with Gasteiger partial charge in [0.05, 0.1) is 0 Å². The minimum Gasteiger partial charge on any atom is -0.462 e. The molecular formula is C38H72O6. The highest BCUT2D eigenvalue weighted by molar-refractivity contribution is 5.71. The second-order valence-corrected chi connectivity index (χ2v) is 12.9. The van der Waals surface area contributed by atoms with E-state index in [1.165, 1.54) is 96.3 Å². The number of hydrogen-bond acceptors (Lipinski definition) is 6. The van der Waals surface area contributed by atoms with Crippen molar-refractivity contribution in [3.63, 3.8) is 0 Å². The fourth-order valence-corrected chi connectivity index (χ4v) is 5.44. The van der Waals surface area contributed by atoms with Crippen molar-refractivity contribution in [2.45, 2.75) is 213 Å². The Balaban J connectivity index is 4.06. The van der Waals surface area contributed by atoms with Gasteiger partial charge in [-0.2, -0.15) is 0 Å². The predicted molar refractivity (Wildman–Crippen MR) is 183 cm³/mol. The first-order valence-electron chi connectivity index (χ1n) is 19.0. The maximum Gasteiger partial charge on any atom is 0.306 e. The number of esters is 3. The number of carbonyl (C=O) groups excluding carboxylic acids is 3. The van der Waals surface area contributed by atoms with Crippen LogP contribution in [0.25, 0.3) is 0 Å². The standard InChI is InChI=1S/C38H72O6/c1-4-7-10-13-14-15-16-17-18-19-20-21-22-23-26-28-31-37(40)43-34-35(44-38(41)32-29-25-12-9-6-3)33-42-36(39)30-27-24-11-8-5-2/h35H,4-34H2,1-3H3. The second kappa shape index (κ2) is 34.3. The van der Waals surface area contributed by atoms with Gasteiger partial charge < -0.3 is 14.2 Å². The van der Waals surface area contributed by atoms with Crippen molar-refractivity contribution in [2.24, 2.45) is 0 Å². The lowest BCUT2D eigenvalue weighted by atomic mass is 10.0. The molecule has 0 bridgehead atoms. The van der Waals surface area contributed by atoms with E-state index in [0.717, 1.165) is 70.6 Å². The van der Waals surface area contributed by atoms with E-state index in [0.29, 0.717) is 19.3 Å². The van der Waals surface area contributed by atoms with Crippen LogP contribution >= 0.6 is 0 Å². The van der Waals surface area contributed by atoms with Crippen molar-refractivity contribution in [1.82, 2.24) is 0 Å². The van der Waals surface area contributed by atoms with Gasteiger partial charge in [0.2, 0.25) is 0 Å². The number of unbranched alkanes of at least 4 members (excludes halogenated alkanes) is 23. The molecule has 1 unspecified atom stereocenters. The number of hydrogen-bond donors (Lipinski definition) is 0. The molecule has 260 valence electrons. The van der Waals surface area contributed by atoms with Crippen LogP contribution in [0.1, 0.15) is 207 Å². The molecule has 0 saturated carbocycles. The topological polar surface area (TPSA) is 78.9 Å². The number of rotatable bonds is 34. The predicted octanol–water partition coefficient (Wildman–Crippen LogP) is 11.4. The summed E-state index contributed by atoms with van der Waals surface area (Å²) in [7, 11) is 0. The Morgan fingerprint density at radius 3 is 0.909 bits per heavy atom. The van der Waals surface area contributed by atoms with Gasteiger partial charge in [0.1, 0.15) is 13.2 Å². The molecule has 6 heteroatoms. The summed E-state index contributed by atoms with van der Waals surface area (Å²) < 4.78 is 16.4. The molecule has 0 N–H and O–H groups in total. The Labute approximate surface area is 272 Å². The van der Waals surface area contributed by atoms with Gasteiger partial charge in [-0.05, 0) is 19.3 Å². The van der Waals surface area contributed by atoms with Crippen molar-refractivity contribution in [3.05, 3.63) is 0 Å². The summed E-state index contributed by atoms with van der Waals surface area (Å²) in [6, 6.07) is 0. The van der Waals surface area contributed by atoms with E-state index in [2.05, 4.69) is 20.8 Å². The maximum absolute atomic E-state index is 12.4. The molecule has 0 aromatic carbocycles. The molecule has 0 amide bonds. The highest BCUT2D eigenvalue weighted by Gasteiger charge is 2.19. The van der Waals surface area contributed by atoms with Crippen molar-refractivity contribution < 1.29 is 28.6 Å². The van der Waals surface area contributed by atoms with Crippen LogP contribution in [-0.4, -0.2) is 37.2 Å². The van der Waals surface area contributed by atoms with Crippen LogP contribution in [0.4, 0.5) is 0 Å². The molecule has 6 nitrogen and oxygen atoms in total. The highest BCUT2D eigenvalue weighted by Crippen LogP contribution is 2.15. The minimum atomic E-state index is -0.753. The molecule has 0 spiro atoms. The quantitative estimate of drug-likeness (QED) is 0.0402. The number of ether oxygens (including phenoxy) is 3. The minimum absolute atomic E-state index is 0.0664. The van der Waals surface area contributed by atoms with E-state index in [1.54, 1.807) is 0 Å². The maximum atomic E-state index is 12.4. The largest absolute Gasteiger partial charge is 0.462 e. The van der Waals surface area contributed by atoms with E-state index in [9.17, 15) is 14.4 Å². The molecule has 44 heavy (non-hydrogen) atoms.